The molecular weight excluding hydrogens is 286 g/mol. The Morgan fingerprint density at radius 1 is 0.864 bits per heavy atom. The molecule has 130 valence electrons. The zero-order valence-corrected chi connectivity index (χ0v) is 14.4. The van der Waals surface area contributed by atoms with Crippen LogP contribution in [0.2, 0.25) is 0 Å². The fraction of sp³-hybridized carbons (Fsp3) is 0.867. The van der Waals surface area contributed by atoms with Crippen molar-refractivity contribution in [1.29, 1.82) is 0 Å². The first kappa shape index (κ1) is 21.0. The van der Waals surface area contributed by atoms with Crippen LogP contribution in [-0.4, -0.2) is 95.7 Å². The van der Waals surface area contributed by atoms with Crippen molar-refractivity contribution in [1.82, 2.24) is 15.1 Å². The predicted molar refractivity (Wildman–Crippen MR) is 86.0 cm³/mol. The molecular formula is C15H31N3O4. The van der Waals surface area contributed by atoms with Crippen molar-refractivity contribution in [3.05, 3.63) is 0 Å². The molecule has 22 heavy (non-hydrogen) atoms. The fourth-order valence-corrected chi connectivity index (χ4v) is 1.73. The van der Waals surface area contributed by atoms with Gasteiger partial charge < -0.3 is 24.6 Å². The molecule has 0 radical (unpaired) electrons. The van der Waals surface area contributed by atoms with E-state index >= 15 is 0 Å². The number of rotatable bonds is 14. The summed E-state index contributed by atoms with van der Waals surface area (Å²) >= 11 is 0. The van der Waals surface area contributed by atoms with Gasteiger partial charge in [0.2, 0.25) is 5.91 Å². The molecule has 0 aromatic rings. The highest BCUT2D eigenvalue weighted by Gasteiger charge is 2.03. The predicted octanol–water partition coefficient (Wildman–Crippen LogP) is -0.392. The third-order valence-electron chi connectivity index (χ3n) is 2.64. The molecule has 0 saturated heterocycles. The van der Waals surface area contributed by atoms with Gasteiger partial charge in [-0.1, -0.05) is 0 Å². The summed E-state index contributed by atoms with van der Waals surface area (Å²) in [6.07, 6.45) is 1.30. The molecule has 0 aliphatic heterocycles. The zero-order chi connectivity index (χ0) is 16.8. The van der Waals surface area contributed by atoms with Crippen LogP contribution in [0.15, 0.2) is 0 Å². The lowest BCUT2D eigenvalue weighted by molar-refractivity contribution is -0.122. The summed E-state index contributed by atoms with van der Waals surface area (Å²) in [4.78, 5) is 26.4. The van der Waals surface area contributed by atoms with E-state index in [9.17, 15) is 9.59 Å². The number of carbonyl (C=O) groups is 2. The largest absolute Gasteiger partial charge is 0.379 e. The van der Waals surface area contributed by atoms with Crippen LogP contribution in [0.3, 0.4) is 0 Å². The van der Waals surface area contributed by atoms with Crippen LogP contribution in [0.5, 0.6) is 0 Å². The molecule has 0 aromatic carbocycles. The number of nitrogens with one attached hydrogen (secondary N) is 1. The quantitative estimate of drug-likeness (QED) is 0.440. The number of hydrogen-bond donors (Lipinski definition) is 1. The van der Waals surface area contributed by atoms with Gasteiger partial charge in [0, 0.05) is 19.6 Å². The number of amides is 1. The zero-order valence-electron chi connectivity index (χ0n) is 14.4. The van der Waals surface area contributed by atoms with E-state index in [0.717, 1.165) is 6.42 Å². The monoisotopic (exact) mass is 317 g/mol. The lowest BCUT2D eigenvalue weighted by atomic mass is 10.2. The molecule has 0 bridgehead atoms. The lowest BCUT2D eigenvalue weighted by Gasteiger charge is -2.10. The van der Waals surface area contributed by atoms with E-state index in [1.807, 2.05) is 38.0 Å². The first-order valence-corrected chi connectivity index (χ1v) is 7.65. The van der Waals surface area contributed by atoms with Crippen molar-refractivity contribution < 1.29 is 19.1 Å². The van der Waals surface area contributed by atoms with E-state index in [1.54, 1.807) is 0 Å². The average molecular weight is 317 g/mol. The summed E-state index contributed by atoms with van der Waals surface area (Å²) in [5.41, 5.74) is 0. The van der Waals surface area contributed by atoms with Crippen LogP contribution in [-0.2, 0) is 19.1 Å². The Balaban J connectivity index is 3.24. The van der Waals surface area contributed by atoms with Crippen molar-refractivity contribution in [2.45, 2.75) is 12.8 Å². The summed E-state index contributed by atoms with van der Waals surface area (Å²) in [6, 6.07) is 0. The maximum absolute atomic E-state index is 11.4. The molecule has 1 N–H and O–H groups in total. The van der Waals surface area contributed by atoms with E-state index in [4.69, 9.17) is 9.47 Å². The Kier molecular flexibility index (Phi) is 13.0. The Morgan fingerprint density at radius 2 is 1.45 bits per heavy atom. The van der Waals surface area contributed by atoms with Gasteiger partial charge >= 0.3 is 0 Å². The number of hydrogen-bond acceptors (Lipinski definition) is 6. The summed E-state index contributed by atoms with van der Waals surface area (Å²) in [5.74, 6) is 0.227. The van der Waals surface area contributed by atoms with Gasteiger partial charge in [0.1, 0.15) is 5.78 Å². The van der Waals surface area contributed by atoms with Gasteiger partial charge in [0.15, 0.2) is 0 Å². The minimum Gasteiger partial charge on any atom is -0.379 e. The second-order valence-electron chi connectivity index (χ2n) is 5.69. The molecule has 0 atom stereocenters. The first-order chi connectivity index (χ1) is 10.4. The molecule has 0 spiro atoms. The van der Waals surface area contributed by atoms with Gasteiger partial charge in [0.25, 0.3) is 0 Å². The highest BCUT2D eigenvalue weighted by atomic mass is 16.5. The van der Waals surface area contributed by atoms with Crippen molar-refractivity contribution >= 4 is 11.7 Å². The second kappa shape index (κ2) is 13.6. The number of likely N-dealkylation sites (N-methyl/N-ethyl adjacent to an activating group) is 2. The van der Waals surface area contributed by atoms with E-state index < -0.39 is 0 Å². The molecule has 1 amide bonds. The molecule has 7 nitrogen and oxygen atoms in total. The molecule has 0 unspecified atom stereocenters. The fourth-order valence-electron chi connectivity index (χ4n) is 1.73. The van der Waals surface area contributed by atoms with Crippen LogP contribution in [0, 0.1) is 0 Å². The van der Waals surface area contributed by atoms with E-state index in [1.165, 1.54) is 0 Å². The number of carbonyl (C=O) groups excluding carboxylic acids is 2. The molecule has 7 heteroatoms. The van der Waals surface area contributed by atoms with E-state index in [0.29, 0.717) is 52.5 Å². The summed E-state index contributed by atoms with van der Waals surface area (Å²) in [7, 11) is 7.46. The Labute approximate surface area is 133 Å². The molecule has 0 aromatic heterocycles. The molecule has 0 saturated carbocycles. The van der Waals surface area contributed by atoms with Crippen LogP contribution < -0.4 is 5.32 Å². The summed E-state index contributed by atoms with van der Waals surface area (Å²) < 4.78 is 10.7. The van der Waals surface area contributed by atoms with Crippen molar-refractivity contribution in [3.8, 4) is 0 Å². The topological polar surface area (TPSA) is 71.1 Å². The highest BCUT2D eigenvalue weighted by molar-refractivity contribution is 5.80. The van der Waals surface area contributed by atoms with E-state index in [-0.39, 0.29) is 11.7 Å². The summed E-state index contributed by atoms with van der Waals surface area (Å²) in [5, 5.41) is 2.77. The smallest absolute Gasteiger partial charge is 0.234 e. The Hall–Kier alpha value is -1.02. The molecule has 0 rings (SSSR count). The average Bonchev–Trinajstić information content (AvgIpc) is 2.39. The van der Waals surface area contributed by atoms with Crippen LogP contribution in [0.1, 0.15) is 12.8 Å². The standard InChI is InChI=1S/C15H31N3O4/c1-17(2)12-14(19)6-5-8-21-10-11-22-9-7-16-15(20)13-18(3)4/h5-13H2,1-4H3,(H,16,20). The Morgan fingerprint density at radius 3 is 2.05 bits per heavy atom. The van der Waals surface area contributed by atoms with Crippen molar-refractivity contribution in [2.75, 3.05) is 74.3 Å². The molecule has 0 aliphatic carbocycles. The SMILES string of the molecule is CN(C)CC(=O)CCCOCCOCCNC(=O)CN(C)C. The lowest BCUT2D eigenvalue weighted by Crippen LogP contribution is -2.35. The minimum atomic E-state index is -0.00718. The molecule has 0 aliphatic rings. The number of ketones is 1. The van der Waals surface area contributed by atoms with Crippen LogP contribution >= 0.6 is 0 Å². The van der Waals surface area contributed by atoms with Crippen LogP contribution in [0.4, 0.5) is 0 Å². The summed E-state index contributed by atoms with van der Waals surface area (Å²) in [6.45, 7) is 3.43. The van der Waals surface area contributed by atoms with Crippen molar-refractivity contribution in [2.24, 2.45) is 0 Å². The van der Waals surface area contributed by atoms with Gasteiger partial charge in [-0.3, -0.25) is 9.59 Å². The van der Waals surface area contributed by atoms with Gasteiger partial charge in [-0.05, 0) is 34.6 Å². The molecule has 0 heterocycles. The number of ether oxygens (including phenoxy) is 2. The maximum atomic E-state index is 11.4. The number of nitrogens with zero attached hydrogens (tertiary/aromatic N) is 2. The van der Waals surface area contributed by atoms with Gasteiger partial charge in [0.05, 0.1) is 32.9 Å². The Bertz CT molecular complexity index is 279. The minimum absolute atomic E-state index is 0.00718. The third kappa shape index (κ3) is 15.4. The highest BCUT2D eigenvalue weighted by Crippen LogP contribution is 1.93. The first-order valence-electron chi connectivity index (χ1n) is 7.65. The second-order valence-corrected chi connectivity index (χ2v) is 5.69. The van der Waals surface area contributed by atoms with Crippen LogP contribution in [0.25, 0.3) is 0 Å². The third-order valence-corrected chi connectivity index (χ3v) is 2.64. The van der Waals surface area contributed by atoms with E-state index in [2.05, 4.69) is 5.32 Å². The van der Waals surface area contributed by atoms with Gasteiger partial charge in [-0.15, -0.1) is 0 Å². The van der Waals surface area contributed by atoms with Gasteiger partial charge in [-0.25, -0.2) is 0 Å². The number of Topliss-reactive ketones (excluding diaryl/α,β-unsaturated/α-hetero) is 1. The normalized spacial score (nSPS) is 11.2. The molecule has 0 fully saturated rings. The maximum Gasteiger partial charge on any atom is 0.234 e. The van der Waals surface area contributed by atoms with Gasteiger partial charge in [-0.2, -0.15) is 0 Å². The van der Waals surface area contributed by atoms with Crippen molar-refractivity contribution in [3.63, 3.8) is 0 Å².